The highest BCUT2D eigenvalue weighted by atomic mass is 32.2. The predicted octanol–water partition coefficient (Wildman–Crippen LogP) is 3.69. The summed E-state index contributed by atoms with van der Waals surface area (Å²) in [5.74, 6) is -1.87. The smallest absolute Gasteiger partial charge is 0.259 e. The van der Waals surface area contributed by atoms with Gasteiger partial charge in [0.25, 0.3) is 11.3 Å². The first-order valence-electron chi connectivity index (χ1n) is 7.02. The fourth-order valence-corrected chi connectivity index (χ4v) is 2.42. The van der Waals surface area contributed by atoms with Crippen LogP contribution < -0.4 is 9.46 Å². The summed E-state index contributed by atoms with van der Waals surface area (Å²) >= 11 is -2.32. The highest BCUT2D eigenvalue weighted by Crippen LogP contribution is 2.23. The number of ketones is 1. The van der Waals surface area contributed by atoms with E-state index in [4.69, 9.17) is 9.29 Å². The molecular formula is C16H15F2NO4S. The summed E-state index contributed by atoms with van der Waals surface area (Å²) in [7, 11) is 0. The van der Waals surface area contributed by atoms with Crippen molar-refractivity contribution in [3.05, 3.63) is 59.2 Å². The normalized spacial score (nSPS) is 11.8. The van der Waals surface area contributed by atoms with E-state index in [-0.39, 0.29) is 23.8 Å². The lowest BCUT2D eigenvalue weighted by atomic mass is 10.0. The van der Waals surface area contributed by atoms with E-state index in [0.717, 1.165) is 12.1 Å². The first-order chi connectivity index (χ1) is 11.4. The molecule has 0 heterocycles. The van der Waals surface area contributed by atoms with Crippen LogP contribution in [-0.4, -0.2) is 14.5 Å². The molecule has 2 aromatic rings. The molecule has 24 heavy (non-hydrogen) atoms. The Hall–Kier alpha value is -2.32. The number of hydrogen-bond acceptors (Lipinski definition) is 3. The molecule has 0 saturated heterocycles. The van der Waals surface area contributed by atoms with Gasteiger partial charge in [0, 0.05) is 23.6 Å². The van der Waals surface area contributed by atoms with Crippen LogP contribution in [0, 0.1) is 11.6 Å². The van der Waals surface area contributed by atoms with Crippen molar-refractivity contribution in [1.82, 2.24) is 0 Å². The molecule has 0 amide bonds. The molecule has 128 valence electrons. The third kappa shape index (κ3) is 4.59. The standard InChI is InChI=1S/C16H15F2NO4S/c1-2-15(20)10-3-5-14(19-24(21)22)11(7-10)9-23-16-6-4-12(17)8-13(16)18/h3-8,19H,2,9H2,1H3,(H,21,22). The molecule has 2 N–H and O–H groups in total. The Morgan fingerprint density at radius 2 is 2.00 bits per heavy atom. The van der Waals surface area contributed by atoms with Crippen molar-refractivity contribution in [2.75, 3.05) is 4.72 Å². The summed E-state index contributed by atoms with van der Waals surface area (Å²) in [4.78, 5) is 11.8. The quantitative estimate of drug-likeness (QED) is 0.587. The van der Waals surface area contributed by atoms with Gasteiger partial charge < -0.3 is 4.74 Å². The van der Waals surface area contributed by atoms with Crippen molar-refractivity contribution in [3.8, 4) is 5.75 Å². The number of hydrogen-bond donors (Lipinski definition) is 2. The van der Waals surface area contributed by atoms with Crippen LogP contribution in [0.4, 0.5) is 14.5 Å². The maximum Gasteiger partial charge on any atom is 0.259 e. The Morgan fingerprint density at radius 1 is 1.25 bits per heavy atom. The molecule has 0 aliphatic rings. The molecule has 1 atom stereocenters. The monoisotopic (exact) mass is 355 g/mol. The number of ether oxygens (including phenoxy) is 1. The average molecular weight is 355 g/mol. The molecule has 0 bridgehead atoms. The molecule has 0 fully saturated rings. The summed E-state index contributed by atoms with van der Waals surface area (Å²) in [5, 5.41) is 0. The maximum absolute atomic E-state index is 13.6. The number of carbonyl (C=O) groups excluding carboxylic acids is 1. The maximum atomic E-state index is 13.6. The molecule has 0 spiro atoms. The topological polar surface area (TPSA) is 75.6 Å². The van der Waals surface area contributed by atoms with E-state index in [1.807, 2.05) is 0 Å². The summed E-state index contributed by atoms with van der Waals surface area (Å²) in [6, 6.07) is 7.37. The van der Waals surface area contributed by atoms with Gasteiger partial charge >= 0.3 is 0 Å². The van der Waals surface area contributed by atoms with E-state index in [1.165, 1.54) is 18.2 Å². The third-order valence-electron chi connectivity index (χ3n) is 3.22. The van der Waals surface area contributed by atoms with Gasteiger partial charge in [-0.2, -0.15) is 0 Å². The minimum absolute atomic E-state index is 0.110. The number of Topliss-reactive ketones (excluding diaryl/α,β-unsaturated/α-hetero) is 1. The Kier molecular flexibility index (Phi) is 5.99. The van der Waals surface area contributed by atoms with Crippen LogP contribution in [0.5, 0.6) is 5.75 Å². The lowest BCUT2D eigenvalue weighted by Gasteiger charge is -2.13. The molecule has 1 unspecified atom stereocenters. The summed E-state index contributed by atoms with van der Waals surface area (Å²) < 4.78 is 54.0. The molecule has 0 radical (unpaired) electrons. The molecule has 5 nitrogen and oxygen atoms in total. The van der Waals surface area contributed by atoms with Gasteiger partial charge in [-0.25, -0.2) is 13.0 Å². The fourth-order valence-electron chi connectivity index (χ4n) is 2.03. The second kappa shape index (κ2) is 7.98. The van der Waals surface area contributed by atoms with Crippen LogP contribution in [0.15, 0.2) is 36.4 Å². The van der Waals surface area contributed by atoms with Crippen LogP contribution >= 0.6 is 0 Å². The lowest BCUT2D eigenvalue weighted by Crippen LogP contribution is -2.09. The van der Waals surface area contributed by atoms with Crippen LogP contribution in [0.3, 0.4) is 0 Å². The Balaban J connectivity index is 2.27. The van der Waals surface area contributed by atoms with Crippen molar-refractivity contribution < 1.29 is 27.1 Å². The predicted molar refractivity (Wildman–Crippen MR) is 86.1 cm³/mol. The Labute approximate surface area is 140 Å². The van der Waals surface area contributed by atoms with Gasteiger partial charge in [0.2, 0.25) is 0 Å². The summed E-state index contributed by atoms with van der Waals surface area (Å²) in [6.45, 7) is 1.54. The van der Waals surface area contributed by atoms with E-state index in [9.17, 15) is 17.8 Å². The molecule has 0 aliphatic heterocycles. The van der Waals surface area contributed by atoms with Gasteiger partial charge in [0.1, 0.15) is 12.4 Å². The van der Waals surface area contributed by atoms with Crippen LogP contribution in [0.1, 0.15) is 29.3 Å². The van der Waals surface area contributed by atoms with E-state index >= 15 is 0 Å². The van der Waals surface area contributed by atoms with Crippen molar-refractivity contribution >= 4 is 22.7 Å². The van der Waals surface area contributed by atoms with E-state index in [1.54, 1.807) is 6.92 Å². The molecule has 2 aromatic carbocycles. The van der Waals surface area contributed by atoms with Gasteiger partial charge in [-0.15, -0.1) is 0 Å². The molecule has 0 aliphatic carbocycles. The number of rotatable bonds is 7. The molecule has 8 heteroatoms. The second-order valence-electron chi connectivity index (χ2n) is 4.86. The molecule has 2 rings (SSSR count). The largest absolute Gasteiger partial charge is 0.486 e. The van der Waals surface area contributed by atoms with E-state index in [0.29, 0.717) is 23.6 Å². The van der Waals surface area contributed by atoms with Crippen molar-refractivity contribution in [1.29, 1.82) is 0 Å². The number of benzene rings is 2. The fraction of sp³-hybridized carbons (Fsp3) is 0.188. The van der Waals surface area contributed by atoms with Crippen LogP contribution in [-0.2, 0) is 17.9 Å². The number of nitrogens with one attached hydrogen (secondary N) is 1. The zero-order valence-electron chi connectivity index (χ0n) is 12.7. The zero-order valence-corrected chi connectivity index (χ0v) is 13.5. The summed E-state index contributed by atoms with van der Waals surface area (Å²) in [6.07, 6.45) is 0.297. The average Bonchev–Trinajstić information content (AvgIpc) is 2.54. The highest BCUT2D eigenvalue weighted by molar-refractivity contribution is 7.80. The molecule has 0 saturated carbocycles. The van der Waals surface area contributed by atoms with Gasteiger partial charge in [0.15, 0.2) is 17.3 Å². The van der Waals surface area contributed by atoms with Crippen molar-refractivity contribution in [2.45, 2.75) is 20.0 Å². The van der Waals surface area contributed by atoms with Crippen LogP contribution in [0.25, 0.3) is 0 Å². The number of halogens is 2. The number of carbonyl (C=O) groups is 1. The molecular weight excluding hydrogens is 340 g/mol. The lowest BCUT2D eigenvalue weighted by molar-refractivity contribution is 0.0988. The first-order valence-corrected chi connectivity index (χ1v) is 8.13. The first kappa shape index (κ1) is 18.0. The molecule has 0 aromatic heterocycles. The SMILES string of the molecule is CCC(=O)c1ccc(NS(=O)O)c(COc2ccc(F)cc2F)c1. The Morgan fingerprint density at radius 3 is 2.62 bits per heavy atom. The minimum Gasteiger partial charge on any atom is -0.486 e. The second-order valence-corrected chi connectivity index (χ2v) is 5.57. The van der Waals surface area contributed by atoms with E-state index in [2.05, 4.69) is 4.72 Å². The van der Waals surface area contributed by atoms with Gasteiger partial charge in [-0.3, -0.25) is 14.1 Å². The summed E-state index contributed by atoms with van der Waals surface area (Å²) in [5.41, 5.74) is 1.07. The minimum atomic E-state index is -2.32. The van der Waals surface area contributed by atoms with Gasteiger partial charge in [-0.1, -0.05) is 6.92 Å². The van der Waals surface area contributed by atoms with Gasteiger partial charge in [-0.05, 0) is 30.3 Å². The van der Waals surface area contributed by atoms with Crippen molar-refractivity contribution in [3.63, 3.8) is 0 Å². The highest BCUT2D eigenvalue weighted by Gasteiger charge is 2.12. The van der Waals surface area contributed by atoms with Gasteiger partial charge in [0.05, 0.1) is 5.69 Å². The van der Waals surface area contributed by atoms with E-state index < -0.39 is 22.9 Å². The number of anilines is 1. The van der Waals surface area contributed by atoms with Crippen molar-refractivity contribution in [2.24, 2.45) is 0 Å². The third-order valence-corrected chi connectivity index (χ3v) is 3.62. The van der Waals surface area contributed by atoms with Crippen LogP contribution in [0.2, 0.25) is 0 Å². The zero-order chi connectivity index (χ0) is 17.7. The Bertz CT molecular complexity index is 783.